The van der Waals surface area contributed by atoms with Crippen molar-refractivity contribution in [3.63, 3.8) is 0 Å². The van der Waals surface area contributed by atoms with Gasteiger partial charge in [0.25, 0.3) is 5.56 Å². The topological polar surface area (TPSA) is 65.1 Å². The molecule has 2 aromatic heterocycles. The quantitative estimate of drug-likeness (QED) is 0.233. The van der Waals surface area contributed by atoms with Gasteiger partial charge in [-0.15, -0.1) is 0 Å². The molecule has 0 aliphatic carbocycles. The van der Waals surface area contributed by atoms with Gasteiger partial charge in [0.05, 0.1) is 10.9 Å². The van der Waals surface area contributed by atoms with Gasteiger partial charge in [-0.3, -0.25) is 9.36 Å². The van der Waals surface area contributed by atoms with E-state index in [0.29, 0.717) is 33.9 Å². The van der Waals surface area contributed by atoms with Gasteiger partial charge in [-0.1, -0.05) is 27.7 Å². The predicted octanol–water partition coefficient (Wildman–Crippen LogP) is 5.19. The minimum Gasteiger partial charge on any atom is -0.423 e. The van der Waals surface area contributed by atoms with Crippen molar-refractivity contribution >= 4 is 49.6 Å². The molecular formula is C22H19BrN2O3S. The van der Waals surface area contributed by atoms with Gasteiger partial charge in [-0.25, -0.2) is 9.78 Å². The van der Waals surface area contributed by atoms with Gasteiger partial charge < -0.3 is 4.42 Å². The fraction of sp³-hybridized carbons (Fsp3) is 0.227. The third kappa shape index (κ3) is 3.76. The summed E-state index contributed by atoms with van der Waals surface area (Å²) in [5.74, 6) is 0.513. The predicted molar refractivity (Wildman–Crippen MR) is 121 cm³/mol. The number of fused-ring (bicyclic) bond motifs is 2. The largest absolute Gasteiger partial charge is 0.423 e. The van der Waals surface area contributed by atoms with Crippen molar-refractivity contribution < 1.29 is 4.42 Å². The summed E-state index contributed by atoms with van der Waals surface area (Å²) in [6, 6.07) is 11.0. The average molecular weight is 471 g/mol. The highest BCUT2D eigenvalue weighted by atomic mass is 79.9. The van der Waals surface area contributed by atoms with Crippen LogP contribution < -0.4 is 11.2 Å². The molecule has 0 spiro atoms. The number of benzene rings is 2. The first-order chi connectivity index (χ1) is 13.9. The Labute approximate surface area is 179 Å². The Bertz CT molecular complexity index is 1370. The lowest BCUT2D eigenvalue weighted by atomic mass is 10.0. The Kier molecular flexibility index (Phi) is 5.36. The van der Waals surface area contributed by atoms with E-state index in [9.17, 15) is 9.59 Å². The Morgan fingerprint density at radius 3 is 2.59 bits per heavy atom. The number of aryl methyl sites for hydroxylation is 2. The zero-order valence-corrected chi connectivity index (χ0v) is 18.7. The SMILES string of the molecule is CCn1c(SCc2cc(=O)oc3cc(C)c(C)cc23)nc2ccc(Br)cc2c1=O. The molecule has 0 atom stereocenters. The number of thioether (sulfide) groups is 1. The maximum absolute atomic E-state index is 12.9. The fourth-order valence-electron chi connectivity index (χ4n) is 3.31. The van der Waals surface area contributed by atoms with E-state index in [1.165, 1.54) is 17.8 Å². The Morgan fingerprint density at radius 1 is 1.07 bits per heavy atom. The molecule has 148 valence electrons. The van der Waals surface area contributed by atoms with E-state index in [-0.39, 0.29) is 11.2 Å². The van der Waals surface area contributed by atoms with E-state index >= 15 is 0 Å². The van der Waals surface area contributed by atoms with Gasteiger partial charge in [-0.2, -0.15) is 0 Å². The number of aromatic nitrogens is 2. The summed E-state index contributed by atoms with van der Waals surface area (Å²) in [4.78, 5) is 29.7. The molecule has 0 amide bonds. The van der Waals surface area contributed by atoms with Gasteiger partial charge >= 0.3 is 5.63 Å². The lowest BCUT2D eigenvalue weighted by molar-refractivity contribution is 0.559. The van der Waals surface area contributed by atoms with Crippen LogP contribution in [-0.4, -0.2) is 9.55 Å². The van der Waals surface area contributed by atoms with Crippen molar-refractivity contribution in [1.29, 1.82) is 0 Å². The molecule has 0 saturated carbocycles. The highest BCUT2D eigenvalue weighted by molar-refractivity contribution is 9.10. The number of hydrogen-bond donors (Lipinski definition) is 0. The summed E-state index contributed by atoms with van der Waals surface area (Å²) in [7, 11) is 0. The van der Waals surface area contributed by atoms with E-state index in [1.54, 1.807) is 10.6 Å². The Hall–Kier alpha value is -2.38. The molecule has 5 nitrogen and oxygen atoms in total. The molecule has 0 aliphatic heterocycles. The summed E-state index contributed by atoms with van der Waals surface area (Å²) in [5.41, 5.74) is 3.89. The fourth-order valence-corrected chi connectivity index (χ4v) is 4.72. The Morgan fingerprint density at radius 2 is 1.83 bits per heavy atom. The molecule has 2 heterocycles. The van der Waals surface area contributed by atoms with E-state index < -0.39 is 0 Å². The summed E-state index contributed by atoms with van der Waals surface area (Å²) in [6.07, 6.45) is 0. The van der Waals surface area contributed by atoms with Crippen LogP contribution in [0.3, 0.4) is 0 Å². The molecule has 0 unspecified atom stereocenters. The molecular weight excluding hydrogens is 452 g/mol. The number of nitrogens with zero attached hydrogens (tertiary/aromatic N) is 2. The van der Waals surface area contributed by atoms with Crippen molar-refractivity contribution in [2.24, 2.45) is 0 Å². The van der Waals surface area contributed by atoms with Crippen molar-refractivity contribution in [3.8, 4) is 0 Å². The molecule has 0 radical (unpaired) electrons. The minimum absolute atomic E-state index is 0.0646. The maximum atomic E-state index is 12.9. The zero-order valence-electron chi connectivity index (χ0n) is 16.3. The van der Waals surface area contributed by atoms with E-state index in [1.807, 2.05) is 45.0 Å². The molecule has 7 heteroatoms. The number of halogens is 1. The third-order valence-corrected chi connectivity index (χ3v) is 6.52. The van der Waals surface area contributed by atoms with Crippen LogP contribution in [0.15, 0.2) is 60.0 Å². The molecule has 0 fully saturated rings. The van der Waals surface area contributed by atoms with E-state index in [4.69, 9.17) is 9.40 Å². The van der Waals surface area contributed by atoms with Crippen molar-refractivity contribution in [3.05, 3.63) is 78.3 Å². The molecule has 0 N–H and O–H groups in total. The summed E-state index contributed by atoms with van der Waals surface area (Å²) >= 11 is 4.86. The number of rotatable bonds is 4. The van der Waals surface area contributed by atoms with Gasteiger partial charge in [0.1, 0.15) is 5.58 Å². The number of hydrogen-bond acceptors (Lipinski definition) is 5. The molecule has 29 heavy (non-hydrogen) atoms. The minimum atomic E-state index is -0.374. The van der Waals surface area contributed by atoms with Gasteiger partial charge in [-0.05, 0) is 67.8 Å². The second-order valence-corrected chi connectivity index (χ2v) is 8.78. The van der Waals surface area contributed by atoms with Crippen molar-refractivity contribution in [2.75, 3.05) is 0 Å². The first-order valence-electron chi connectivity index (χ1n) is 9.24. The Balaban J connectivity index is 1.79. The summed E-state index contributed by atoms with van der Waals surface area (Å²) in [6.45, 7) is 6.48. The van der Waals surface area contributed by atoms with Crippen LogP contribution in [0.2, 0.25) is 0 Å². The monoisotopic (exact) mass is 470 g/mol. The van der Waals surface area contributed by atoms with E-state index in [2.05, 4.69) is 15.9 Å². The van der Waals surface area contributed by atoms with Crippen LogP contribution in [0.1, 0.15) is 23.6 Å². The highest BCUT2D eigenvalue weighted by Crippen LogP contribution is 2.28. The summed E-state index contributed by atoms with van der Waals surface area (Å²) in [5, 5.41) is 2.13. The van der Waals surface area contributed by atoms with Crippen LogP contribution >= 0.6 is 27.7 Å². The first-order valence-corrected chi connectivity index (χ1v) is 11.0. The maximum Gasteiger partial charge on any atom is 0.336 e. The molecule has 0 bridgehead atoms. The van der Waals surface area contributed by atoms with Crippen LogP contribution in [-0.2, 0) is 12.3 Å². The van der Waals surface area contributed by atoms with Gasteiger partial charge in [0, 0.05) is 28.2 Å². The van der Waals surface area contributed by atoms with Gasteiger partial charge in [0.2, 0.25) is 0 Å². The van der Waals surface area contributed by atoms with Crippen LogP contribution in [0.4, 0.5) is 0 Å². The molecule has 0 saturated heterocycles. The lowest BCUT2D eigenvalue weighted by Crippen LogP contribution is -2.22. The normalized spacial score (nSPS) is 11.4. The smallest absolute Gasteiger partial charge is 0.336 e. The second kappa shape index (κ2) is 7.80. The highest BCUT2D eigenvalue weighted by Gasteiger charge is 2.13. The van der Waals surface area contributed by atoms with Crippen LogP contribution in [0, 0.1) is 13.8 Å². The summed E-state index contributed by atoms with van der Waals surface area (Å²) < 4.78 is 7.90. The third-order valence-electron chi connectivity index (χ3n) is 5.00. The van der Waals surface area contributed by atoms with Gasteiger partial charge in [0.15, 0.2) is 5.16 Å². The van der Waals surface area contributed by atoms with Crippen molar-refractivity contribution in [1.82, 2.24) is 9.55 Å². The molecule has 4 aromatic rings. The molecule has 0 aliphatic rings. The van der Waals surface area contributed by atoms with E-state index in [0.717, 1.165) is 26.5 Å². The molecule has 2 aromatic carbocycles. The first kappa shape index (κ1) is 19.9. The van der Waals surface area contributed by atoms with Crippen LogP contribution in [0.5, 0.6) is 0 Å². The average Bonchev–Trinajstić information content (AvgIpc) is 2.68. The standard InChI is InChI=1S/C22H19BrN2O3S/c1-4-25-21(27)17-10-15(23)5-6-18(17)24-22(25)29-11-14-9-20(26)28-19-8-13(3)12(2)7-16(14)19/h5-10H,4,11H2,1-3H3. The second-order valence-electron chi connectivity index (χ2n) is 6.92. The molecule has 4 rings (SSSR count). The zero-order chi connectivity index (χ0) is 20.7. The lowest BCUT2D eigenvalue weighted by Gasteiger charge is -2.12. The van der Waals surface area contributed by atoms with Crippen molar-refractivity contribution in [2.45, 2.75) is 38.2 Å². The van der Waals surface area contributed by atoms with Crippen LogP contribution in [0.25, 0.3) is 21.9 Å².